The average Bonchev–Trinajstić information content (AvgIpc) is 2.75. The molecular weight excluding hydrogens is 356 g/mol. The average molecular weight is 380 g/mol. The molecule has 0 amide bonds. The Bertz CT molecular complexity index is 1120. The fraction of sp³-hybridized carbons (Fsp3) is 0.115. The van der Waals surface area contributed by atoms with Gasteiger partial charge in [-0.05, 0) is 66.8 Å². The molecule has 0 aliphatic heterocycles. The summed E-state index contributed by atoms with van der Waals surface area (Å²) in [5.74, 6) is 0.268. The molecule has 4 aromatic rings. The number of aryl methyl sites for hydroxylation is 1. The summed E-state index contributed by atoms with van der Waals surface area (Å²) in [6, 6.07) is 26.1. The van der Waals surface area contributed by atoms with Crippen LogP contribution < -0.4 is 5.32 Å². The lowest BCUT2D eigenvalue weighted by Crippen LogP contribution is -1.98. The van der Waals surface area contributed by atoms with Crippen molar-refractivity contribution in [2.75, 3.05) is 5.32 Å². The molecule has 4 rings (SSSR count). The first-order valence-electron chi connectivity index (χ1n) is 9.85. The van der Waals surface area contributed by atoms with Crippen LogP contribution in [0.1, 0.15) is 18.4 Å². The summed E-state index contributed by atoms with van der Waals surface area (Å²) in [6.07, 6.45) is 4.88. The second-order valence-electron chi connectivity index (χ2n) is 7.24. The lowest BCUT2D eigenvalue weighted by atomic mass is 10.0. The first-order chi connectivity index (χ1) is 14.2. The van der Waals surface area contributed by atoms with Crippen LogP contribution in [0.5, 0.6) is 5.75 Å². The van der Waals surface area contributed by atoms with Crippen molar-refractivity contribution in [3.05, 3.63) is 103 Å². The summed E-state index contributed by atoms with van der Waals surface area (Å²) < 4.78 is 0. The number of fused-ring (bicyclic) bond motifs is 1. The summed E-state index contributed by atoms with van der Waals surface area (Å²) >= 11 is 0. The zero-order valence-corrected chi connectivity index (χ0v) is 16.3. The third kappa shape index (κ3) is 4.82. The first kappa shape index (κ1) is 18.8. The third-order valence-electron chi connectivity index (χ3n) is 5.01. The molecule has 0 saturated heterocycles. The van der Waals surface area contributed by atoms with Gasteiger partial charge in [-0.25, -0.2) is 0 Å². The van der Waals surface area contributed by atoms with E-state index in [0.717, 1.165) is 47.1 Å². The van der Waals surface area contributed by atoms with Gasteiger partial charge in [-0.3, -0.25) is 4.98 Å². The standard InChI is InChI=1S/C26H24N2O/c1-19(28-24-13-15-25(29)16-14-24)5-4-6-20-9-11-21(12-10-20)23-17-22-7-2-3-8-26(22)27-18-23/h2-3,7-18,28-29H,1,4-6H2. The lowest BCUT2D eigenvalue weighted by Gasteiger charge is -2.10. The van der Waals surface area contributed by atoms with Gasteiger partial charge in [-0.2, -0.15) is 0 Å². The number of aromatic nitrogens is 1. The molecule has 1 aromatic heterocycles. The van der Waals surface area contributed by atoms with Gasteiger partial charge in [0.25, 0.3) is 0 Å². The van der Waals surface area contributed by atoms with Gasteiger partial charge >= 0.3 is 0 Å². The Kier molecular flexibility index (Phi) is 5.57. The predicted octanol–water partition coefficient (Wildman–Crippen LogP) is 6.56. The maximum atomic E-state index is 9.34. The maximum absolute atomic E-state index is 9.34. The van der Waals surface area contributed by atoms with E-state index in [-0.39, 0.29) is 5.75 Å². The number of benzene rings is 3. The molecule has 29 heavy (non-hydrogen) atoms. The minimum Gasteiger partial charge on any atom is -0.508 e. The Labute approximate surface area is 171 Å². The van der Waals surface area contributed by atoms with Crippen LogP contribution in [0.2, 0.25) is 0 Å². The summed E-state index contributed by atoms with van der Waals surface area (Å²) in [7, 11) is 0. The molecule has 0 aliphatic carbocycles. The van der Waals surface area contributed by atoms with Gasteiger partial charge in [0.15, 0.2) is 0 Å². The molecule has 0 radical (unpaired) electrons. The molecule has 0 spiro atoms. The number of pyridine rings is 1. The summed E-state index contributed by atoms with van der Waals surface area (Å²) in [6.45, 7) is 4.10. The monoisotopic (exact) mass is 380 g/mol. The van der Waals surface area contributed by atoms with Crippen molar-refractivity contribution in [1.82, 2.24) is 4.98 Å². The van der Waals surface area contributed by atoms with E-state index >= 15 is 0 Å². The third-order valence-corrected chi connectivity index (χ3v) is 5.01. The largest absolute Gasteiger partial charge is 0.508 e. The topological polar surface area (TPSA) is 45.2 Å². The molecule has 0 saturated carbocycles. The van der Waals surface area contributed by atoms with Gasteiger partial charge in [0.05, 0.1) is 5.52 Å². The number of allylic oxidation sites excluding steroid dienone is 1. The summed E-state index contributed by atoms with van der Waals surface area (Å²) in [5.41, 5.74) is 6.59. The van der Waals surface area contributed by atoms with Gasteiger partial charge in [-0.1, -0.05) is 49.0 Å². The molecule has 0 bridgehead atoms. The van der Waals surface area contributed by atoms with Crippen LogP contribution in [0.15, 0.2) is 97.3 Å². The highest BCUT2D eigenvalue weighted by Gasteiger charge is 2.02. The zero-order chi connectivity index (χ0) is 20.1. The Balaban J connectivity index is 1.32. The molecule has 0 aliphatic rings. The van der Waals surface area contributed by atoms with Crippen LogP contribution in [0.25, 0.3) is 22.0 Å². The van der Waals surface area contributed by atoms with Gasteiger partial charge in [0.2, 0.25) is 0 Å². The molecule has 0 unspecified atom stereocenters. The molecule has 3 nitrogen and oxygen atoms in total. The normalized spacial score (nSPS) is 10.8. The van der Waals surface area contributed by atoms with E-state index in [1.54, 1.807) is 12.1 Å². The number of rotatable bonds is 7. The van der Waals surface area contributed by atoms with Crippen LogP contribution in [0, 0.1) is 0 Å². The number of para-hydroxylation sites is 1. The first-order valence-corrected chi connectivity index (χ1v) is 9.85. The minimum atomic E-state index is 0.268. The molecule has 3 aromatic carbocycles. The van der Waals surface area contributed by atoms with Gasteiger partial charge in [0.1, 0.15) is 5.75 Å². The molecular formula is C26H24N2O. The van der Waals surface area contributed by atoms with Gasteiger partial charge in [0, 0.05) is 28.5 Å². The van der Waals surface area contributed by atoms with Gasteiger partial charge < -0.3 is 10.4 Å². The second kappa shape index (κ2) is 8.61. The molecule has 3 heteroatoms. The fourth-order valence-electron chi connectivity index (χ4n) is 3.41. The molecule has 0 fully saturated rings. The number of nitrogens with zero attached hydrogens (tertiary/aromatic N) is 1. The predicted molar refractivity (Wildman–Crippen MR) is 121 cm³/mol. The quantitative estimate of drug-likeness (QED) is 0.357. The highest BCUT2D eigenvalue weighted by molar-refractivity contribution is 5.83. The molecule has 2 N–H and O–H groups in total. The van der Waals surface area contributed by atoms with Crippen molar-refractivity contribution in [3.8, 4) is 16.9 Å². The summed E-state index contributed by atoms with van der Waals surface area (Å²) in [4.78, 5) is 4.56. The highest BCUT2D eigenvalue weighted by atomic mass is 16.3. The maximum Gasteiger partial charge on any atom is 0.115 e. The van der Waals surface area contributed by atoms with Crippen molar-refractivity contribution in [2.24, 2.45) is 0 Å². The van der Waals surface area contributed by atoms with Crippen LogP contribution in [-0.4, -0.2) is 10.1 Å². The number of anilines is 1. The van der Waals surface area contributed by atoms with E-state index < -0.39 is 0 Å². The van der Waals surface area contributed by atoms with Crippen molar-refractivity contribution in [2.45, 2.75) is 19.3 Å². The second-order valence-corrected chi connectivity index (χ2v) is 7.24. The Morgan fingerprint density at radius 3 is 2.45 bits per heavy atom. The molecule has 1 heterocycles. The molecule has 144 valence electrons. The fourth-order valence-corrected chi connectivity index (χ4v) is 3.41. The van der Waals surface area contributed by atoms with Crippen LogP contribution in [0.4, 0.5) is 5.69 Å². The van der Waals surface area contributed by atoms with Gasteiger partial charge in [-0.15, -0.1) is 0 Å². The van der Waals surface area contributed by atoms with E-state index in [9.17, 15) is 5.11 Å². The van der Waals surface area contributed by atoms with Crippen molar-refractivity contribution >= 4 is 16.6 Å². The van der Waals surface area contributed by atoms with Crippen LogP contribution >= 0.6 is 0 Å². The highest BCUT2D eigenvalue weighted by Crippen LogP contribution is 2.24. The number of hydrogen-bond acceptors (Lipinski definition) is 3. The number of nitrogens with one attached hydrogen (secondary N) is 1. The van der Waals surface area contributed by atoms with E-state index in [4.69, 9.17) is 0 Å². The number of phenolic OH excluding ortho intramolecular Hbond substituents is 1. The minimum absolute atomic E-state index is 0.268. The lowest BCUT2D eigenvalue weighted by molar-refractivity contribution is 0.475. The van der Waals surface area contributed by atoms with E-state index in [1.807, 2.05) is 36.5 Å². The number of phenols is 1. The Morgan fingerprint density at radius 2 is 1.66 bits per heavy atom. The van der Waals surface area contributed by atoms with Crippen molar-refractivity contribution in [3.63, 3.8) is 0 Å². The smallest absolute Gasteiger partial charge is 0.115 e. The molecule has 0 atom stereocenters. The zero-order valence-electron chi connectivity index (χ0n) is 16.3. The van der Waals surface area contributed by atoms with E-state index in [2.05, 4.69) is 53.3 Å². The SMILES string of the molecule is C=C(CCCc1ccc(-c2cnc3ccccc3c2)cc1)Nc1ccc(O)cc1. The van der Waals surface area contributed by atoms with E-state index in [1.165, 1.54) is 11.1 Å². The van der Waals surface area contributed by atoms with Crippen molar-refractivity contribution < 1.29 is 5.11 Å². The number of aromatic hydroxyl groups is 1. The van der Waals surface area contributed by atoms with Crippen LogP contribution in [0.3, 0.4) is 0 Å². The Morgan fingerprint density at radius 1 is 0.897 bits per heavy atom. The Hall–Kier alpha value is -3.59. The summed E-state index contributed by atoms with van der Waals surface area (Å²) in [5, 5.41) is 13.8. The van der Waals surface area contributed by atoms with Crippen molar-refractivity contribution in [1.29, 1.82) is 0 Å². The van der Waals surface area contributed by atoms with E-state index in [0.29, 0.717) is 0 Å². The van der Waals surface area contributed by atoms with Crippen LogP contribution in [-0.2, 0) is 6.42 Å². The number of hydrogen-bond donors (Lipinski definition) is 2.